The Balaban J connectivity index is 2.21. The molecule has 65 valence electrons. The van der Waals surface area contributed by atoms with Crippen molar-refractivity contribution in [3.63, 3.8) is 0 Å². The Bertz CT molecular complexity index is 102. The van der Waals surface area contributed by atoms with Crippen LogP contribution in [-0.2, 0) is 4.74 Å². The van der Waals surface area contributed by atoms with Crippen LogP contribution in [0.2, 0.25) is 0 Å². The molecule has 0 aromatic carbocycles. The average Bonchev–Trinajstić information content (AvgIpc) is 2.07. The number of hydrogen-bond donors (Lipinski definition) is 0. The topological polar surface area (TPSA) is 26.6 Å². The van der Waals surface area contributed by atoms with Crippen LogP contribution in [0.1, 0.15) is 13.8 Å². The third-order valence-corrected chi connectivity index (χ3v) is 2.01. The van der Waals surface area contributed by atoms with Crippen molar-refractivity contribution < 1.29 is 4.74 Å². The highest BCUT2D eigenvalue weighted by Gasteiger charge is 2.15. The highest BCUT2D eigenvalue weighted by Crippen LogP contribution is 2.02. The smallest absolute Gasteiger partial charge is 0.107 e. The Morgan fingerprint density at radius 2 is 2.09 bits per heavy atom. The lowest BCUT2D eigenvalue weighted by Crippen LogP contribution is -2.45. The number of rotatable bonds is 3. The second-order valence-corrected chi connectivity index (χ2v) is 2.76. The van der Waals surface area contributed by atoms with Crippen LogP contribution in [0.3, 0.4) is 0 Å². The molecule has 3 nitrogen and oxygen atoms in total. The van der Waals surface area contributed by atoms with Crippen molar-refractivity contribution in [1.29, 1.82) is 0 Å². The van der Waals surface area contributed by atoms with Crippen LogP contribution in [0.25, 0.3) is 0 Å². The van der Waals surface area contributed by atoms with Gasteiger partial charge in [0.25, 0.3) is 0 Å². The van der Waals surface area contributed by atoms with E-state index in [2.05, 4.69) is 17.1 Å². The molecule has 0 bridgehead atoms. The maximum absolute atomic E-state index is 5.47. The summed E-state index contributed by atoms with van der Waals surface area (Å²) in [7, 11) is 0. The first-order valence-corrected chi connectivity index (χ1v) is 4.33. The molecule has 1 unspecified atom stereocenters. The lowest BCUT2D eigenvalue weighted by molar-refractivity contribution is -0.0469. The summed E-state index contributed by atoms with van der Waals surface area (Å²) in [4.78, 5) is 2.33. The lowest BCUT2D eigenvalue weighted by atomic mass is 10.3. The van der Waals surface area contributed by atoms with Gasteiger partial charge in [0, 0.05) is 32.8 Å². The minimum absolute atomic E-state index is 0.274. The Kier molecular flexibility index (Phi) is 3.83. The van der Waals surface area contributed by atoms with E-state index in [1.165, 1.54) is 0 Å². The van der Waals surface area contributed by atoms with Gasteiger partial charge in [0.2, 0.25) is 0 Å². The van der Waals surface area contributed by atoms with Crippen LogP contribution in [0.5, 0.6) is 0 Å². The highest BCUT2D eigenvalue weighted by molar-refractivity contribution is 4.67. The van der Waals surface area contributed by atoms with Gasteiger partial charge in [-0.05, 0) is 13.8 Å². The maximum Gasteiger partial charge on any atom is 0.107 e. The zero-order chi connectivity index (χ0) is 8.10. The third kappa shape index (κ3) is 2.77. The molecule has 1 saturated heterocycles. The highest BCUT2D eigenvalue weighted by atomic mass is 16.5. The average molecular weight is 157 g/mol. The van der Waals surface area contributed by atoms with Crippen molar-refractivity contribution in [2.24, 2.45) is 0 Å². The summed E-state index contributed by atoms with van der Waals surface area (Å²) >= 11 is 0. The molecule has 3 heteroatoms. The Morgan fingerprint density at radius 3 is 2.64 bits per heavy atom. The first-order chi connectivity index (χ1) is 5.34. The summed E-state index contributed by atoms with van der Waals surface area (Å²) in [6, 6.07) is 0. The van der Waals surface area contributed by atoms with Gasteiger partial charge in [-0.3, -0.25) is 4.90 Å². The summed E-state index contributed by atoms with van der Waals surface area (Å²) in [6.45, 7) is 8.99. The van der Waals surface area contributed by atoms with Crippen LogP contribution < -0.4 is 5.32 Å². The molecule has 1 fully saturated rings. The number of nitrogens with zero attached hydrogens (tertiary/aromatic N) is 2. The van der Waals surface area contributed by atoms with Gasteiger partial charge in [0.1, 0.15) is 6.23 Å². The Hall–Kier alpha value is -0.120. The van der Waals surface area contributed by atoms with Crippen LogP contribution >= 0.6 is 0 Å². The molecule has 0 spiro atoms. The van der Waals surface area contributed by atoms with E-state index in [1.807, 2.05) is 6.92 Å². The molecule has 1 radical (unpaired) electrons. The van der Waals surface area contributed by atoms with Gasteiger partial charge in [-0.15, -0.1) is 0 Å². The number of ether oxygens (including phenoxy) is 1. The van der Waals surface area contributed by atoms with E-state index in [0.29, 0.717) is 0 Å². The first-order valence-electron chi connectivity index (χ1n) is 4.33. The minimum atomic E-state index is 0.274. The quantitative estimate of drug-likeness (QED) is 0.588. The Labute approximate surface area is 68.7 Å². The molecule has 1 heterocycles. The zero-order valence-electron chi connectivity index (χ0n) is 7.42. The number of piperazine rings is 1. The normalized spacial score (nSPS) is 23.5. The van der Waals surface area contributed by atoms with E-state index in [-0.39, 0.29) is 6.23 Å². The summed E-state index contributed by atoms with van der Waals surface area (Å²) in [6.07, 6.45) is 0.274. The fourth-order valence-corrected chi connectivity index (χ4v) is 1.33. The molecule has 0 aliphatic carbocycles. The second-order valence-electron chi connectivity index (χ2n) is 2.76. The van der Waals surface area contributed by atoms with Crippen molar-refractivity contribution in [2.75, 3.05) is 32.8 Å². The van der Waals surface area contributed by atoms with Gasteiger partial charge >= 0.3 is 0 Å². The predicted octanol–water partition coefficient (Wildman–Crippen LogP) is 0.289. The molecule has 1 aliphatic heterocycles. The molecular weight excluding hydrogens is 140 g/mol. The fraction of sp³-hybridized carbons (Fsp3) is 1.00. The van der Waals surface area contributed by atoms with Gasteiger partial charge in [-0.25, -0.2) is 5.32 Å². The van der Waals surface area contributed by atoms with E-state index in [4.69, 9.17) is 4.74 Å². The molecule has 0 N–H and O–H groups in total. The third-order valence-electron chi connectivity index (χ3n) is 2.01. The van der Waals surface area contributed by atoms with Gasteiger partial charge < -0.3 is 4.74 Å². The summed E-state index contributed by atoms with van der Waals surface area (Å²) < 4.78 is 5.47. The first kappa shape index (κ1) is 8.97. The van der Waals surface area contributed by atoms with Gasteiger partial charge in [-0.2, -0.15) is 0 Å². The summed E-state index contributed by atoms with van der Waals surface area (Å²) in [5.74, 6) is 0. The monoisotopic (exact) mass is 157 g/mol. The van der Waals surface area contributed by atoms with E-state index in [1.54, 1.807) is 0 Å². The zero-order valence-corrected chi connectivity index (χ0v) is 7.42. The van der Waals surface area contributed by atoms with E-state index in [0.717, 1.165) is 32.8 Å². The van der Waals surface area contributed by atoms with Crippen LogP contribution in [-0.4, -0.2) is 43.9 Å². The SMILES string of the molecule is CCOC(C)N1CC[N]CC1. The molecule has 1 atom stereocenters. The fourth-order valence-electron chi connectivity index (χ4n) is 1.33. The molecule has 1 rings (SSSR count). The van der Waals surface area contributed by atoms with Crippen molar-refractivity contribution >= 4 is 0 Å². The molecule has 0 aromatic heterocycles. The van der Waals surface area contributed by atoms with Gasteiger partial charge in [0.05, 0.1) is 0 Å². The predicted molar refractivity (Wildman–Crippen MR) is 44.5 cm³/mol. The minimum Gasteiger partial charge on any atom is -0.364 e. The molecule has 0 amide bonds. The second kappa shape index (κ2) is 4.70. The van der Waals surface area contributed by atoms with Crippen molar-refractivity contribution in [3.05, 3.63) is 0 Å². The standard InChI is InChI=1S/C8H17N2O/c1-3-11-8(2)10-6-4-9-5-7-10/h8H,3-7H2,1-2H3. The molecule has 0 aromatic rings. The van der Waals surface area contributed by atoms with Crippen LogP contribution in [0.4, 0.5) is 0 Å². The molecule has 0 saturated carbocycles. The van der Waals surface area contributed by atoms with Gasteiger partial charge in [-0.1, -0.05) is 0 Å². The van der Waals surface area contributed by atoms with E-state index >= 15 is 0 Å². The largest absolute Gasteiger partial charge is 0.364 e. The van der Waals surface area contributed by atoms with Crippen molar-refractivity contribution in [1.82, 2.24) is 10.2 Å². The van der Waals surface area contributed by atoms with Crippen LogP contribution in [0, 0.1) is 0 Å². The van der Waals surface area contributed by atoms with Gasteiger partial charge in [0.15, 0.2) is 0 Å². The van der Waals surface area contributed by atoms with Crippen molar-refractivity contribution in [2.45, 2.75) is 20.1 Å². The lowest BCUT2D eigenvalue weighted by Gasteiger charge is -2.31. The Morgan fingerprint density at radius 1 is 1.45 bits per heavy atom. The van der Waals surface area contributed by atoms with E-state index < -0.39 is 0 Å². The summed E-state index contributed by atoms with van der Waals surface area (Å²) in [5.41, 5.74) is 0. The summed E-state index contributed by atoms with van der Waals surface area (Å²) in [5, 5.41) is 4.27. The molecule has 11 heavy (non-hydrogen) atoms. The van der Waals surface area contributed by atoms with Crippen molar-refractivity contribution in [3.8, 4) is 0 Å². The maximum atomic E-state index is 5.47. The number of hydrogen-bond acceptors (Lipinski definition) is 2. The van der Waals surface area contributed by atoms with Crippen LogP contribution in [0.15, 0.2) is 0 Å². The molecular formula is C8H17N2O. The van der Waals surface area contributed by atoms with E-state index in [9.17, 15) is 0 Å². The molecule has 1 aliphatic rings.